The minimum atomic E-state index is -0.110. The molecule has 1 fully saturated rings. The van der Waals surface area contributed by atoms with E-state index in [0.717, 1.165) is 22.4 Å². The number of carbonyl (C=O) groups is 1. The fourth-order valence-corrected chi connectivity index (χ4v) is 5.31. The van der Waals surface area contributed by atoms with Crippen molar-refractivity contribution in [2.24, 2.45) is 0 Å². The first-order chi connectivity index (χ1) is 18.0. The van der Waals surface area contributed by atoms with Gasteiger partial charge < -0.3 is 9.47 Å². The van der Waals surface area contributed by atoms with Gasteiger partial charge in [-0.05, 0) is 48.9 Å². The molecular formula is C29H25N3O3S2. The summed E-state index contributed by atoms with van der Waals surface area (Å²) in [5.74, 6) is 1.12. The number of aryl methyl sites for hydroxylation is 1. The van der Waals surface area contributed by atoms with Crippen LogP contribution >= 0.6 is 24.0 Å². The lowest BCUT2D eigenvalue weighted by Crippen LogP contribution is -2.27. The standard InChI is InChI=1S/C29H25N3O3S2/c1-19-9-11-20(12-10-19)17-31-28(33)26(37-29(31)36)16-22-18-32(23-7-5-4-6-8-23)30-27(22)21-13-14-24(34-2)25(15-21)35-3/h4-16,18H,17H2,1-3H3/b26-16-. The Morgan fingerprint density at radius 2 is 1.70 bits per heavy atom. The largest absolute Gasteiger partial charge is 0.493 e. The van der Waals surface area contributed by atoms with E-state index in [1.54, 1.807) is 19.1 Å². The van der Waals surface area contributed by atoms with E-state index in [1.165, 1.54) is 17.3 Å². The van der Waals surface area contributed by atoms with Crippen molar-refractivity contribution in [1.82, 2.24) is 14.7 Å². The van der Waals surface area contributed by atoms with Gasteiger partial charge >= 0.3 is 0 Å². The van der Waals surface area contributed by atoms with Gasteiger partial charge in [0.15, 0.2) is 11.5 Å². The molecule has 0 saturated carbocycles. The van der Waals surface area contributed by atoms with E-state index in [9.17, 15) is 4.79 Å². The second kappa shape index (κ2) is 10.6. The summed E-state index contributed by atoms with van der Waals surface area (Å²) in [4.78, 5) is 15.6. The summed E-state index contributed by atoms with van der Waals surface area (Å²) in [6.45, 7) is 2.48. The zero-order valence-electron chi connectivity index (χ0n) is 20.7. The van der Waals surface area contributed by atoms with Gasteiger partial charge in [-0.1, -0.05) is 72.0 Å². The second-order valence-corrected chi connectivity index (χ2v) is 10.2. The molecule has 0 N–H and O–H groups in total. The summed E-state index contributed by atoms with van der Waals surface area (Å²) in [5.41, 5.74) is 5.48. The molecule has 0 unspecified atom stereocenters. The average Bonchev–Trinajstić information content (AvgIpc) is 3.46. The highest BCUT2D eigenvalue weighted by Crippen LogP contribution is 2.37. The van der Waals surface area contributed by atoms with Crippen LogP contribution in [0.15, 0.2) is 83.9 Å². The highest BCUT2D eigenvalue weighted by Gasteiger charge is 2.32. The molecule has 2 heterocycles. The number of thioether (sulfide) groups is 1. The van der Waals surface area contributed by atoms with E-state index in [1.807, 2.05) is 96.7 Å². The van der Waals surface area contributed by atoms with Gasteiger partial charge in [-0.25, -0.2) is 4.68 Å². The van der Waals surface area contributed by atoms with Gasteiger partial charge in [-0.2, -0.15) is 5.10 Å². The number of benzene rings is 3. The number of hydrogen-bond donors (Lipinski definition) is 0. The van der Waals surface area contributed by atoms with Gasteiger partial charge in [0.25, 0.3) is 5.91 Å². The average molecular weight is 528 g/mol. The molecule has 1 aliphatic rings. The first-order valence-electron chi connectivity index (χ1n) is 11.6. The third-order valence-electron chi connectivity index (χ3n) is 6.04. The predicted octanol–water partition coefficient (Wildman–Crippen LogP) is 6.27. The van der Waals surface area contributed by atoms with Crippen LogP contribution in [-0.4, -0.2) is 39.1 Å². The fraction of sp³-hybridized carbons (Fsp3) is 0.138. The van der Waals surface area contributed by atoms with E-state index < -0.39 is 0 Å². The first-order valence-corrected chi connectivity index (χ1v) is 12.9. The van der Waals surface area contributed by atoms with E-state index in [-0.39, 0.29) is 5.91 Å². The number of hydrogen-bond acceptors (Lipinski definition) is 6. The van der Waals surface area contributed by atoms with E-state index in [0.29, 0.717) is 33.0 Å². The Balaban J connectivity index is 1.54. The maximum atomic E-state index is 13.4. The van der Waals surface area contributed by atoms with Gasteiger partial charge in [0.05, 0.1) is 31.4 Å². The molecular weight excluding hydrogens is 502 g/mol. The number of methoxy groups -OCH3 is 2. The zero-order valence-corrected chi connectivity index (χ0v) is 22.3. The van der Waals surface area contributed by atoms with Crippen molar-refractivity contribution in [3.63, 3.8) is 0 Å². The van der Waals surface area contributed by atoms with Crippen LogP contribution in [0.4, 0.5) is 0 Å². The molecule has 1 amide bonds. The summed E-state index contributed by atoms with van der Waals surface area (Å²) in [7, 11) is 3.20. The van der Waals surface area contributed by atoms with Gasteiger partial charge in [0.1, 0.15) is 10.0 Å². The normalized spacial score (nSPS) is 14.5. The second-order valence-electron chi connectivity index (χ2n) is 8.54. The lowest BCUT2D eigenvalue weighted by atomic mass is 10.1. The number of thiocarbonyl (C=S) groups is 1. The highest BCUT2D eigenvalue weighted by molar-refractivity contribution is 8.26. The van der Waals surface area contributed by atoms with Gasteiger partial charge in [-0.3, -0.25) is 9.69 Å². The Hall–Kier alpha value is -3.88. The number of nitrogens with zero attached hydrogens (tertiary/aromatic N) is 3. The van der Waals surface area contributed by atoms with Gasteiger partial charge in [0, 0.05) is 17.3 Å². The Morgan fingerprint density at radius 1 is 0.973 bits per heavy atom. The quantitative estimate of drug-likeness (QED) is 0.209. The molecule has 186 valence electrons. The van der Waals surface area contributed by atoms with E-state index >= 15 is 0 Å². The van der Waals surface area contributed by atoms with Gasteiger partial charge in [0.2, 0.25) is 0 Å². The molecule has 0 atom stereocenters. The predicted molar refractivity (Wildman–Crippen MR) is 152 cm³/mol. The van der Waals surface area contributed by atoms with Crippen molar-refractivity contribution in [1.29, 1.82) is 0 Å². The first kappa shape index (κ1) is 24.8. The fourth-order valence-electron chi connectivity index (χ4n) is 4.07. The van der Waals surface area contributed by atoms with Crippen LogP contribution < -0.4 is 9.47 Å². The monoisotopic (exact) mass is 527 g/mol. The Morgan fingerprint density at radius 3 is 2.41 bits per heavy atom. The smallest absolute Gasteiger partial charge is 0.266 e. The minimum Gasteiger partial charge on any atom is -0.493 e. The molecule has 0 radical (unpaired) electrons. The maximum Gasteiger partial charge on any atom is 0.266 e. The molecule has 3 aromatic carbocycles. The third kappa shape index (κ3) is 5.16. The van der Waals surface area contributed by atoms with Crippen molar-refractivity contribution in [2.45, 2.75) is 13.5 Å². The third-order valence-corrected chi connectivity index (χ3v) is 7.42. The number of rotatable bonds is 7. The number of amides is 1. The van der Waals surface area contributed by atoms with Crippen LogP contribution in [0.25, 0.3) is 23.0 Å². The molecule has 1 aliphatic heterocycles. The molecule has 0 bridgehead atoms. The number of ether oxygens (including phenoxy) is 2. The molecule has 0 aliphatic carbocycles. The number of para-hydroxylation sites is 1. The molecule has 8 heteroatoms. The minimum absolute atomic E-state index is 0.110. The van der Waals surface area contributed by atoms with E-state index in [4.69, 9.17) is 26.8 Å². The number of carbonyl (C=O) groups excluding carboxylic acids is 1. The SMILES string of the molecule is COc1ccc(-c2nn(-c3ccccc3)cc2/C=C2\SC(=S)N(Cc3ccc(C)cc3)C2=O)cc1OC. The molecule has 37 heavy (non-hydrogen) atoms. The molecule has 6 nitrogen and oxygen atoms in total. The summed E-state index contributed by atoms with van der Waals surface area (Å²) in [6, 6.07) is 23.6. The topological polar surface area (TPSA) is 56.6 Å². The van der Waals surface area contributed by atoms with Crippen molar-refractivity contribution in [3.8, 4) is 28.4 Å². The van der Waals surface area contributed by atoms with Crippen molar-refractivity contribution in [3.05, 3.63) is 101 Å². The van der Waals surface area contributed by atoms with E-state index in [2.05, 4.69) is 0 Å². The van der Waals surface area contributed by atoms with Crippen LogP contribution in [0, 0.1) is 6.92 Å². The number of aromatic nitrogens is 2. The molecule has 5 rings (SSSR count). The molecule has 4 aromatic rings. The van der Waals surface area contributed by atoms with Gasteiger partial charge in [-0.15, -0.1) is 0 Å². The van der Waals surface area contributed by atoms with Crippen LogP contribution in [0.1, 0.15) is 16.7 Å². The lowest BCUT2D eigenvalue weighted by Gasteiger charge is -2.14. The van der Waals surface area contributed by atoms with Crippen LogP contribution in [0.5, 0.6) is 11.5 Å². The molecule has 1 saturated heterocycles. The summed E-state index contributed by atoms with van der Waals surface area (Å²) in [5, 5.41) is 4.87. The Labute approximate surface area is 225 Å². The summed E-state index contributed by atoms with van der Waals surface area (Å²) < 4.78 is 13.3. The molecule has 0 spiro atoms. The van der Waals surface area contributed by atoms with Crippen LogP contribution in [0.3, 0.4) is 0 Å². The van der Waals surface area contributed by atoms with Crippen LogP contribution in [0.2, 0.25) is 0 Å². The Kier molecular flexibility index (Phi) is 7.12. The van der Waals surface area contributed by atoms with Crippen molar-refractivity contribution < 1.29 is 14.3 Å². The zero-order chi connectivity index (χ0) is 25.9. The summed E-state index contributed by atoms with van der Waals surface area (Å²) in [6.07, 6.45) is 3.79. The van der Waals surface area contributed by atoms with Crippen molar-refractivity contribution >= 4 is 40.3 Å². The maximum absolute atomic E-state index is 13.4. The summed E-state index contributed by atoms with van der Waals surface area (Å²) >= 11 is 6.89. The van der Waals surface area contributed by atoms with Crippen LogP contribution in [-0.2, 0) is 11.3 Å². The lowest BCUT2D eigenvalue weighted by molar-refractivity contribution is -0.122. The highest BCUT2D eigenvalue weighted by atomic mass is 32.2. The molecule has 1 aromatic heterocycles. The van der Waals surface area contributed by atoms with Crippen molar-refractivity contribution in [2.75, 3.05) is 14.2 Å². The Bertz CT molecular complexity index is 1490.